The molecule has 0 bridgehead atoms. The molecule has 4 rings (SSSR count). The number of pyridine rings is 1. The molecule has 0 aliphatic carbocycles. The minimum absolute atomic E-state index is 0.115. The van der Waals surface area contributed by atoms with Crippen LogP contribution in [0.25, 0.3) is 0 Å². The fourth-order valence-corrected chi connectivity index (χ4v) is 6.46. The van der Waals surface area contributed by atoms with E-state index < -0.39 is 10.0 Å². The summed E-state index contributed by atoms with van der Waals surface area (Å²) in [6.07, 6.45) is 4.66. The Morgan fingerprint density at radius 1 is 1.03 bits per heavy atom. The van der Waals surface area contributed by atoms with Gasteiger partial charge in [0, 0.05) is 35.4 Å². The number of hydrogen-bond acceptors (Lipinski definition) is 5. The monoisotopic (exact) mass is 465 g/mol. The molecule has 1 saturated heterocycles. The molecule has 3 aromatic rings. The van der Waals surface area contributed by atoms with Crippen molar-refractivity contribution in [2.24, 2.45) is 0 Å². The van der Waals surface area contributed by atoms with Crippen molar-refractivity contribution in [2.75, 3.05) is 18.4 Å². The maximum Gasteiger partial charge on any atom is 0.252 e. The summed E-state index contributed by atoms with van der Waals surface area (Å²) in [5.74, 6) is 5.83. The number of amides is 1. The second-order valence-electron chi connectivity index (χ2n) is 7.46. The lowest BCUT2D eigenvalue weighted by Gasteiger charge is -2.25. The van der Waals surface area contributed by atoms with Crippen LogP contribution < -0.4 is 5.32 Å². The molecule has 8 heteroatoms. The molecular formula is C24H23N3O3S2. The predicted octanol–water partition coefficient (Wildman–Crippen LogP) is 3.90. The summed E-state index contributed by atoms with van der Waals surface area (Å²) in [6.45, 7) is 1.13. The largest absolute Gasteiger partial charge is 0.326 e. The average Bonchev–Trinajstić information content (AvgIpc) is 3.28. The Bertz CT molecular complexity index is 1250. The number of hydrogen-bond donors (Lipinski definition) is 1. The third-order valence-electron chi connectivity index (χ3n) is 5.03. The standard InChI is InChI=1S/C24H23N3O3S2/c28-23(18-22-12-13-24(31-22)32(29,30)27-15-4-1-5-16-27)26-21-9-6-7-19(17-21)10-11-20-8-2-3-14-25-20/h2-3,6-9,12-14,17H,1,4-5,15-16,18H2,(H,26,28). The predicted molar refractivity (Wildman–Crippen MR) is 126 cm³/mol. The van der Waals surface area contributed by atoms with E-state index in [-0.39, 0.29) is 12.3 Å². The number of thiophene rings is 1. The molecule has 1 aliphatic heterocycles. The Morgan fingerprint density at radius 2 is 1.88 bits per heavy atom. The number of piperidine rings is 1. The molecule has 1 aromatic carbocycles. The molecule has 0 spiro atoms. The molecule has 0 radical (unpaired) electrons. The maximum absolute atomic E-state index is 12.8. The summed E-state index contributed by atoms with van der Waals surface area (Å²) in [7, 11) is -3.47. The number of carbonyl (C=O) groups is 1. The SMILES string of the molecule is O=C(Cc1ccc(S(=O)(=O)N2CCCCC2)s1)Nc1cccc(C#Cc2ccccn2)c1. The van der Waals surface area contributed by atoms with Gasteiger partial charge in [-0.2, -0.15) is 4.31 Å². The van der Waals surface area contributed by atoms with Gasteiger partial charge in [-0.05, 0) is 61.2 Å². The molecule has 1 fully saturated rings. The molecule has 32 heavy (non-hydrogen) atoms. The molecule has 1 amide bonds. The van der Waals surface area contributed by atoms with Crippen molar-refractivity contribution in [2.45, 2.75) is 29.9 Å². The Labute approximate surface area is 192 Å². The number of benzene rings is 1. The van der Waals surface area contributed by atoms with Crippen molar-refractivity contribution in [1.29, 1.82) is 0 Å². The van der Waals surface area contributed by atoms with E-state index in [2.05, 4.69) is 22.1 Å². The quantitative estimate of drug-likeness (QED) is 0.580. The molecule has 164 valence electrons. The zero-order chi connectivity index (χ0) is 22.4. The number of aromatic nitrogens is 1. The number of anilines is 1. The fourth-order valence-electron chi connectivity index (χ4n) is 3.44. The van der Waals surface area contributed by atoms with Gasteiger partial charge in [-0.1, -0.05) is 24.5 Å². The second kappa shape index (κ2) is 10.1. The first-order chi connectivity index (χ1) is 15.5. The fraction of sp³-hybridized carbons (Fsp3) is 0.250. The summed E-state index contributed by atoms with van der Waals surface area (Å²) >= 11 is 1.16. The highest BCUT2D eigenvalue weighted by atomic mass is 32.2. The van der Waals surface area contributed by atoms with Crippen LogP contribution >= 0.6 is 11.3 Å². The lowest BCUT2D eigenvalue weighted by molar-refractivity contribution is -0.115. The van der Waals surface area contributed by atoms with Gasteiger partial charge in [-0.15, -0.1) is 11.3 Å². The molecule has 3 heterocycles. The first-order valence-electron chi connectivity index (χ1n) is 10.4. The van der Waals surface area contributed by atoms with E-state index >= 15 is 0 Å². The van der Waals surface area contributed by atoms with E-state index in [0.29, 0.717) is 33.6 Å². The zero-order valence-electron chi connectivity index (χ0n) is 17.5. The highest BCUT2D eigenvalue weighted by Crippen LogP contribution is 2.27. The molecule has 0 unspecified atom stereocenters. The maximum atomic E-state index is 12.8. The van der Waals surface area contributed by atoms with Crippen molar-refractivity contribution >= 4 is 33.0 Å². The summed E-state index contributed by atoms with van der Waals surface area (Å²) in [6, 6.07) is 16.1. The van der Waals surface area contributed by atoms with E-state index in [1.807, 2.05) is 30.3 Å². The molecule has 6 nitrogen and oxygen atoms in total. The topological polar surface area (TPSA) is 79.4 Å². The van der Waals surface area contributed by atoms with Gasteiger partial charge in [-0.3, -0.25) is 4.79 Å². The van der Waals surface area contributed by atoms with Crippen LogP contribution in [0.4, 0.5) is 5.69 Å². The van der Waals surface area contributed by atoms with Crippen molar-refractivity contribution in [3.63, 3.8) is 0 Å². The number of carbonyl (C=O) groups excluding carboxylic acids is 1. The van der Waals surface area contributed by atoms with Crippen LogP contribution in [0.15, 0.2) is 65.0 Å². The number of rotatable bonds is 5. The molecule has 0 atom stereocenters. The molecule has 1 aliphatic rings. The Balaban J connectivity index is 1.39. The van der Waals surface area contributed by atoms with Crippen LogP contribution in [-0.2, 0) is 21.2 Å². The van der Waals surface area contributed by atoms with Crippen LogP contribution in [0.2, 0.25) is 0 Å². The minimum atomic E-state index is -3.47. The van der Waals surface area contributed by atoms with E-state index in [4.69, 9.17) is 0 Å². The van der Waals surface area contributed by atoms with Gasteiger partial charge in [-0.25, -0.2) is 13.4 Å². The van der Waals surface area contributed by atoms with E-state index in [1.54, 1.807) is 34.8 Å². The Kier molecular flexibility index (Phi) is 7.00. The first-order valence-corrected chi connectivity index (χ1v) is 12.7. The van der Waals surface area contributed by atoms with Gasteiger partial charge >= 0.3 is 0 Å². The summed E-state index contributed by atoms with van der Waals surface area (Å²) in [4.78, 5) is 17.4. The van der Waals surface area contributed by atoms with Gasteiger partial charge in [0.25, 0.3) is 10.0 Å². The molecule has 0 saturated carbocycles. The molecular weight excluding hydrogens is 442 g/mol. The first kappa shape index (κ1) is 22.2. The summed E-state index contributed by atoms with van der Waals surface area (Å²) in [5, 5.41) is 2.86. The van der Waals surface area contributed by atoms with Gasteiger partial charge in [0.05, 0.1) is 6.42 Å². The Morgan fingerprint density at radius 3 is 2.66 bits per heavy atom. The minimum Gasteiger partial charge on any atom is -0.326 e. The lowest BCUT2D eigenvalue weighted by Crippen LogP contribution is -2.35. The van der Waals surface area contributed by atoms with Gasteiger partial charge in [0.15, 0.2) is 0 Å². The Hall–Kier alpha value is -2.99. The van der Waals surface area contributed by atoms with Crippen LogP contribution in [0.1, 0.15) is 35.4 Å². The van der Waals surface area contributed by atoms with Crippen LogP contribution in [0, 0.1) is 11.8 Å². The van der Waals surface area contributed by atoms with Gasteiger partial charge in [0.2, 0.25) is 5.91 Å². The lowest BCUT2D eigenvalue weighted by atomic mass is 10.2. The van der Waals surface area contributed by atoms with Gasteiger partial charge in [0.1, 0.15) is 9.90 Å². The van der Waals surface area contributed by atoms with Gasteiger partial charge < -0.3 is 5.32 Å². The van der Waals surface area contributed by atoms with E-state index in [9.17, 15) is 13.2 Å². The van der Waals surface area contributed by atoms with Crippen molar-refractivity contribution in [3.05, 3.63) is 76.9 Å². The number of sulfonamides is 1. The highest BCUT2D eigenvalue weighted by molar-refractivity contribution is 7.91. The highest BCUT2D eigenvalue weighted by Gasteiger charge is 2.27. The van der Waals surface area contributed by atoms with Crippen LogP contribution in [0.5, 0.6) is 0 Å². The molecule has 2 aromatic heterocycles. The van der Waals surface area contributed by atoms with Crippen molar-refractivity contribution in [1.82, 2.24) is 9.29 Å². The third kappa shape index (κ3) is 5.62. The van der Waals surface area contributed by atoms with Crippen LogP contribution in [-0.4, -0.2) is 36.7 Å². The van der Waals surface area contributed by atoms with E-state index in [1.165, 1.54) is 0 Å². The van der Waals surface area contributed by atoms with Crippen LogP contribution in [0.3, 0.4) is 0 Å². The van der Waals surface area contributed by atoms with Crippen molar-refractivity contribution < 1.29 is 13.2 Å². The van der Waals surface area contributed by atoms with Crippen molar-refractivity contribution in [3.8, 4) is 11.8 Å². The summed E-state index contributed by atoms with van der Waals surface area (Å²) < 4.78 is 27.4. The smallest absolute Gasteiger partial charge is 0.252 e. The average molecular weight is 466 g/mol. The second-order valence-corrected chi connectivity index (χ2v) is 10.8. The number of nitrogens with zero attached hydrogens (tertiary/aromatic N) is 2. The molecule has 1 N–H and O–H groups in total. The van der Waals surface area contributed by atoms with E-state index in [0.717, 1.165) is 36.2 Å². The zero-order valence-corrected chi connectivity index (χ0v) is 19.1. The summed E-state index contributed by atoms with van der Waals surface area (Å²) in [5.41, 5.74) is 2.08. The number of nitrogens with one attached hydrogen (secondary N) is 1. The normalized spacial score (nSPS) is 14.4. The third-order valence-corrected chi connectivity index (χ3v) is 8.48.